The van der Waals surface area contributed by atoms with Crippen molar-refractivity contribution in [1.82, 2.24) is 20.3 Å². The first kappa shape index (κ1) is 13.2. The molecule has 0 unspecified atom stereocenters. The minimum atomic E-state index is 0.984. The van der Waals surface area contributed by atoms with E-state index < -0.39 is 0 Å². The molecule has 16 heavy (non-hydrogen) atoms. The van der Waals surface area contributed by atoms with Crippen molar-refractivity contribution in [3.05, 3.63) is 12.4 Å². The quantitative estimate of drug-likeness (QED) is 0.620. The Labute approximate surface area is 98.4 Å². The second kappa shape index (κ2) is 9.33. The summed E-state index contributed by atoms with van der Waals surface area (Å²) in [5, 5.41) is 11.2. The van der Waals surface area contributed by atoms with Gasteiger partial charge in [-0.25, -0.2) is 0 Å². The van der Waals surface area contributed by atoms with Gasteiger partial charge in [0.1, 0.15) is 0 Å². The summed E-state index contributed by atoms with van der Waals surface area (Å²) >= 11 is 0. The standard InChI is InChI=1S/C12H24N4/c1-2-3-4-5-8-13-9-6-7-11-16-12-10-14-15-16/h10,12-13H,2-9,11H2,1H3. The lowest BCUT2D eigenvalue weighted by Gasteiger charge is -2.04. The highest BCUT2D eigenvalue weighted by Crippen LogP contribution is 1.97. The number of aryl methyl sites for hydroxylation is 1. The molecule has 0 aliphatic carbocycles. The third-order valence-corrected chi connectivity index (χ3v) is 2.67. The molecule has 0 saturated heterocycles. The number of unbranched alkanes of at least 4 members (excludes halogenated alkanes) is 4. The first-order valence-corrected chi connectivity index (χ1v) is 6.48. The van der Waals surface area contributed by atoms with Crippen LogP contribution < -0.4 is 5.32 Å². The van der Waals surface area contributed by atoms with Crippen LogP contribution in [-0.2, 0) is 6.54 Å². The molecule has 0 aromatic carbocycles. The van der Waals surface area contributed by atoms with E-state index in [0.29, 0.717) is 0 Å². The molecule has 1 heterocycles. The van der Waals surface area contributed by atoms with Gasteiger partial charge in [-0.05, 0) is 32.4 Å². The maximum atomic E-state index is 3.93. The van der Waals surface area contributed by atoms with Crippen LogP contribution in [0.2, 0.25) is 0 Å². The predicted octanol–water partition coefficient (Wildman–Crippen LogP) is 2.23. The topological polar surface area (TPSA) is 42.7 Å². The van der Waals surface area contributed by atoms with Crippen LogP contribution in [0.5, 0.6) is 0 Å². The second-order valence-electron chi connectivity index (χ2n) is 4.18. The van der Waals surface area contributed by atoms with E-state index in [1.807, 2.05) is 10.9 Å². The largest absolute Gasteiger partial charge is 0.317 e. The Hall–Kier alpha value is -0.900. The van der Waals surface area contributed by atoms with Crippen LogP contribution in [0.25, 0.3) is 0 Å². The van der Waals surface area contributed by atoms with Crippen LogP contribution in [0.3, 0.4) is 0 Å². The molecule has 92 valence electrons. The Kier molecular flexibility index (Phi) is 7.68. The van der Waals surface area contributed by atoms with E-state index in [9.17, 15) is 0 Å². The highest BCUT2D eigenvalue weighted by molar-refractivity contribution is 4.63. The maximum Gasteiger partial charge on any atom is 0.0692 e. The Morgan fingerprint density at radius 2 is 1.88 bits per heavy atom. The normalized spacial score (nSPS) is 10.8. The summed E-state index contributed by atoms with van der Waals surface area (Å²) in [6, 6.07) is 0. The first-order chi connectivity index (χ1) is 7.93. The van der Waals surface area contributed by atoms with Gasteiger partial charge in [0.15, 0.2) is 0 Å². The van der Waals surface area contributed by atoms with Crippen LogP contribution >= 0.6 is 0 Å². The third kappa shape index (κ3) is 6.56. The molecule has 0 aliphatic heterocycles. The number of aromatic nitrogens is 3. The van der Waals surface area contributed by atoms with Crippen molar-refractivity contribution in [2.45, 2.75) is 52.0 Å². The SMILES string of the molecule is CCCCCCNCCCCn1ccnn1. The fourth-order valence-corrected chi connectivity index (χ4v) is 1.68. The van der Waals surface area contributed by atoms with Crippen molar-refractivity contribution in [1.29, 1.82) is 0 Å². The smallest absolute Gasteiger partial charge is 0.0692 e. The van der Waals surface area contributed by atoms with Crippen molar-refractivity contribution in [2.75, 3.05) is 13.1 Å². The van der Waals surface area contributed by atoms with E-state index in [0.717, 1.165) is 13.1 Å². The van der Waals surface area contributed by atoms with Gasteiger partial charge in [0, 0.05) is 12.7 Å². The van der Waals surface area contributed by atoms with Crippen LogP contribution in [0, 0.1) is 0 Å². The summed E-state index contributed by atoms with van der Waals surface area (Å²) in [7, 11) is 0. The summed E-state index contributed by atoms with van der Waals surface area (Å²) in [5.41, 5.74) is 0. The number of hydrogen-bond acceptors (Lipinski definition) is 3. The average molecular weight is 224 g/mol. The van der Waals surface area contributed by atoms with Gasteiger partial charge in [0.2, 0.25) is 0 Å². The summed E-state index contributed by atoms with van der Waals surface area (Å²) in [6.45, 7) is 5.53. The van der Waals surface area contributed by atoms with E-state index in [1.54, 1.807) is 6.20 Å². The van der Waals surface area contributed by atoms with Crippen molar-refractivity contribution in [3.63, 3.8) is 0 Å². The van der Waals surface area contributed by atoms with Gasteiger partial charge >= 0.3 is 0 Å². The lowest BCUT2D eigenvalue weighted by Crippen LogP contribution is -2.17. The van der Waals surface area contributed by atoms with Crippen LogP contribution in [0.15, 0.2) is 12.4 Å². The third-order valence-electron chi connectivity index (χ3n) is 2.67. The second-order valence-corrected chi connectivity index (χ2v) is 4.18. The van der Waals surface area contributed by atoms with E-state index in [4.69, 9.17) is 0 Å². The molecular weight excluding hydrogens is 200 g/mol. The Morgan fingerprint density at radius 3 is 2.56 bits per heavy atom. The molecule has 4 heteroatoms. The predicted molar refractivity (Wildman–Crippen MR) is 66.3 cm³/mol. The molecule has 0 aliphatic rings. The highest BCUT2D eigenvalue weighted by atomic mass is 15.4. The molecule has 0 saturated carbocycles. The van der Waals surface area contributed by atoms with Gasteiger partial charge in [0.05, 0.1) is 6.20 Å². The number of rotatable bonds is 10. The van der Waals surface area contributed by atoms with Crippen molar-refractivity contribution in [3.8, 4) is 0 Å². The van der Waals surface area contributed by atoms with Crippen molar-refractivity contribution in [2.24, 2.45) is 0 Å². The lowest BCUT2D eigenvalue weighted by atomic mass is 10.2. The molecule has 0 atom stereocenters. The lowest BCUT2D eigenvalue weighted by molar-refractivity contribution is 0.516. The van der Waals surface area contributed by atoms with Gasteiger partial charge in [-0.15, -0.1) is 5.10 Å². The van der Waals surface area contributed by atoms with Gasteiger partial charge in [-0.3, -0.25) is 4.68 Å². The van der Waals surface area contributed by atoms with E-state index in [1.165, 1.54) is 45.1 Å². The van der Waals surface area contributed by atoms with Gasteiger partial charge in [-0.1, -0.05) is 31.4 Å². The number of nitrogens with zero attached hydrogens (tertiary/aromatic N) is 3. The average Bonchev–Trinajstić information content (AvgIpc) is 2.80. The van der Waals surface area contributed by atoms with Crippen molar-refractivity contribution < 1.29 is 0 Å². The first-order valence-electron chi connectivity index (χ1n) is 6.48. The summed E-state index contributed by atoms with van der Waals surface area (Å²) < 4.78 is 1.89. The number of nitrogens with one attached hydrogen (secondary N) is 1. The fraction of sp³-hybridized carbons (Fsp3) is 0.833. The Morgan fingerprint density at radius 1 is 1.06 bits per heavy atom. The highest BCUT2D eigenvalue weighted by Gasteiger charge is 1.92. The van der Waals surface area contributed by atoms with Crippen molar-refractivity contribution >= 4 is 0 Å². The van der Waals surface area contributed by atoms with Gasteiger partial charge in [0.25, 0.3) is 0 Å². The fourth-order valence-electron chi connectivity index (χ4n) is 1.68. The Bertz CT molecular complexity index is 233. The summed E-state index contributed by atoms with van der Waals surface area (Å²) in [5.74, 6) is 0. The molecule has 1 aromatic rings. The van der Waals surface area contributed by atoms with E-state index >= 15 is 0 Å². The summed E-state index contributed by atoms with van der Waals surface area (Å²) in [4.78, 5) is 0. The molecule has 0 fully saturated rings. The Balaban J connectivity index is 1.78. The molecule has 1 rings (SSSR count). The van der Waals surface area contributed by atoms with E-state index in [2.05, 4.69) is 22.6 Å². The minimum absolute atomic E-state index is 0.984. The molecule has 0 radical (unpaired) electrons. The maximum absolute atomic E-state index is 3.93. The zero-order chi connectivity index (χ0) is 11.5. The molecular formula is C12H24N4. The van der Waals surface area contributed by atoms with Crippen LogP contribution in [0.4, 0.5) is 0 Å². The zero-order valence-corrected chi connectivity index (χ0v) is 10.4. The molecule has 0 amide bonds. The zero-order valence-electron chi connectivity index (χ0n) is 10.4. The summed E-state index contributed by atoms with van der Waals surface area (Å²) in [6.07, 6.45) is 11.4. The molecule has 0 bridgehead atoms. The molecule has 1 aromatic heterocycles. The molecule has 4 nitrogen and oxygen atoms in total. The van der Waals surface area contributed by atoms with Gasteiger partial charge < -0.3 is 5.32 Å². The van der Waals surface area contributed by atoms with Crippen LogP contribution in [-0.4, -0.2) is 28.1 Å². The monoisotopic (exact) mass is 224 g/mol. The molecule has 1 N–H and O–H groups in total. The number of hydrogen-bond donors (Lipinski definition) is 1. The minimum Gasteiger partial charge on any atom is -0.317 e. The van der Waals surface area contributed by atoms with E-state index in [-0.39, 0.29) is 0 Å². The van der Waals surface area contributed by atoms with Gasteiger partial charge in [-0.2, -0.15) is 0 Å². The molecule has 0 spiro atoms. The van der Waals surface area contributed by atoms with Crippen LogP contribution in [0.1, 0.15) is 45.4 Å².